The number of morpholine rings is 1. The Bertz CT molecular complexity index is 282. The minimum Gasteiger partial charge on any atom is -0.480 e. The van der Waals surface area contributed by atoms with Crippen molar-refractivity contribution < 1.29 is 14.6 Å². The van der Waals surface area contributed by atoms with Crippen LogP contribution in [-0.4, -0.2) is 47.8 Å². The number of hydrogen-bond donors (Lipinski definition) is 1. The Kier molecular flexibility index (Phi) is 4.05. The van der Waals surface area contributed by atoms with E-state index in [0.717, 1.165) is 25.3 Å². The van der Waals surface area contributed by atoms with Gasteiger partial charge in [0.1, 0.15) is 6.04 Å². The van der Waals surface area contributed by atoms with Crippen LogP contribution in [0.25, 0.3) is 0 Å². The predicted octanol–water partition coefficient (Wildman–Crippen LogP) is 1.60. The number of carbonyl (C=O) groups is 1. The summed E-state index contributed by atoms with van der Waals surface area (Å²) < 4.78 is 5.29. The first-order valence-electron chi connectivity index (χ1n) is 6.66. The minimum absolute atomic E-state index is 0.343. The third kappa shape index (κ3) is 2.80. The highest BCUT2D eigenvalue weighted by atomic mass is 16.5. The van der Waals surface area contributed by atoms with Crippen LogP contribution in [0.2, 0.25) is 0 Å². The zero-order valence-electron chi connectivity index (χ0n) is 10.8. The molecule has 0 radical (unpaired) electrons. The summed E-state index contributed by atoms with van der Waals surface area (Å²) in [6, 6.07) is 0.000515. The molecule has 0 aromatic rings. The summed E-state index contributed by atoms with van der Waals surface area (Å²) in [6.45, 7) is 6.37. The Morgan fingerprint density at radius 3 is 2.71 bits per heavy atom. The fourth-order valence-corrected chi connectivity index (χ4v) is 3.09. The third-order valence-electron chi connectivity index (χ3n) is 4.49. The van der Waals surface area contributed by atoms with Crippen molar-refractivity contribution in [1.82, 2.24) is 4.90 Å². The molecule has 4 unspecified atom stereocenters. The summed E-state index contributed by atoms with van der Waals surface area (Å²) in [4.78, 5) is 13.4. The monoisotopic (exact) mass is 241 g/mol. The highest BCUT2D eigenvalue weighted by Gasteiger charge is 2.37. The van der Waals surface area contributed by atoms with Gasteiger partial charge in [0.15, 0.2) is 0 Å². The second-order valence-electron chi connectivity index (χ2n) is 5.59. The number of hydrogen-bond acceptors (Lipinski definition) is 3. The summed E-state index contributed by atoms with van der Waals surface area (Å²) in [7, 11) is 0. The summed E-state index contributed by atoms with van der Waals surface area (Å²) in [6.07, 6.45) is 3.48. The van der Waals surface area contributed by atoms with Crippen molar-refractivity contribution in [3.05, 3.63) is 0 Å². The molecule has 4 heteroatoms. The number of carboxylic acids is 1. The molecule has 1 saturated carbocycles. The highest BCUT2D eigenvalue weighted by Crippen LogP contribution is 2.33. The fraction of sp³-hybridized carbons (Fsp3) is 0.923. The summed E-state index contributed by atoms with van der Waals surface area (Å²) in [5, 5.41) is 9.24. The average molecular weight is 241 g/mol. The number of nitrogens with zero attached hydrogens (tertiary/aromatic N) is 1. The van der Waals surface area contributed by atoms with Gasteiger partial charge in [-0.2, -0.15) is 0 Å². The van der Waals surface area contributed by atoms with E-state index in [0.29, 0.717) is 25.2 Å². The van der Waals surface area contributed by atoms with Gasteiger partial charge < -0.3 is 9.84 Å². The van der Waals surface area contributed by atoms with Gasteiger partial charge in [-0.25, -0.2) is 0 Å². The summed E-state index contributed by atoms with van der Waals surface area (Å²) in [5.74, 6) is 0.734. The summed E-state index contributed by atoms with van der Waals surface area (Å²) in [5.41, 5.74) is 0. The van der Waals surface area contributed by atoms with E-state index in [9.17, 15) is 9.90 Å². The van der Waals surface area contributed by atoms with E-state index < -0.39 is 12.0 Å². The first-order chi connectivity index (χ1) is 8.09. The van der Waals surface area contributed by atoms with Gasteiger partial charge >= 0.3 is 5.97 Å². The van der Waals surface area contributed by atoms with E-state index in [1.807, 2.05) is 0 Å². The van der Waals surface area contributed by atoms with Crippen LogP contribution in [0.5, 0.6) is 0 Å². The normalized spacial score (nSPS) is 40.1. The third-order valence-corrected chi connectivity index (χ3v) is 4.49. The first-order valence-corrected chi connectivity index (χ1v) is 6.66. The Morgan fingerprint density at radius 2 is 2.06 bits per heavy atom. The molecule has 98 valence electrons. The largest absolute Gasteiger partial charge is 0.480 e. The van der Waals surface area contributed by atoms with Gasteiger partial charge in [0, 0.05) is 12.6 Å². The van der Waals surface area contributed by atoms with Gasteiger partial charge in [0.05, 0.1) is 13.2 Å². The molecular formula is C13H23NO3. The second-order valence-corrected chi connectivity index (χ2v) is 5.59. The van der Waals surface area contributed by atoms with E-state index in [1.165, 1.54) is 6.42 Å². The molecule has 2 rings (SSSR count). The van der Waals surface area contributed by atoms with Crippen LogP contribution < -0.4 is 0 Å². The Labute approximate surface area is 103 Å². The highest BCUT2D eigenvalue weighted by molar-refractivity contribution is 5.73. The molecule has 2 aliphatic rings. The van der Waals surface area contributed by atoms with E-state index in [-0.39, 0.29) is 0 Å². The smallest absolute Gasteiger partial charge is 0.323 e. The molecule has 1 N–H and O–H groups in total. The van der Waals surface area contributed by atoms with E-state index in [4.69, 9.17) is 4.74 Å². The van der Waals surface area contributed by atoms with Gasteiger partial charge in [-0.05, 0) is 31.1 Å². The lowest BCUT2D eigenvalue weighted by Crippen LogP contribution is -2.55. The standard InChI is InChI=1S/C13H23NO3/c1-9-3-4-11(7-10(9)2)14-5-6-17-8-12(14)13(15)16/h9-12H,3-8H2,1-2H3,(H,15,16). The number of rotatable bonds is 2. The molecule has 17 heavy (non-hydrogen) atoms. The van der Waals surface area contributed by atoms with E-state index >= 15 is 0 Å². The second kappa shape index (κ2) is 5.36. The lowest BCUT2D eigenvalue weighted by molar-refractivity contribution is -0.152. The Morgan fingerprint density at radius 1 is 1.29 bits per heavy atom. The number of carboxylic acid groups (broad SMARTS) is 1. The predicted molar refractivity (Wildman–Crippen MR) is 64.9 cm³/mol. The quantitative estimate of drug-likeness (QED) is 0.797. The van der Waals surface area contributed by atoms with Crippen molar-refractivity contribution in [3.63, 3.8) is 0 Å². The van der Waals surface area contributed by atoms with Crippen LogP contribution in [0.4, 0.5) is 0 Å². The molecule has 1 heterocycles. The van der Waals surface area contributed by atoms with E-state index in [2.05, 4.69) is 18.7 Å². The molecule has 4 atom stereocenters. The minimum atomic E-state index is -0.740. The molecule has 0 spiro atoms. The summed E-state index contributed by atoms with van der Waals surface area (Å²) >= 11 is 0. The maximum atomic E-state index is 11.2. The molecule has 1 aliphatic heterocycles. The van der Waals surface area contributed by atoms with Crippen LogP contribution in [0, 0.1) is 11.8 Å². The fourth-order valence-electron chi connectivity index (χ4n) is 3.09. The van der Waals surface area contributed by atoms with Crippen molar-refractivity contribution in [2.45, 2.75) is 45.2 Å². The Hall–Kier alpha value is -0.610. The van der Waals surface area contributed by atoms with Crippen LogP contribution in [0.15, 0.2) is 0 Å². The maximum Gasteiger partial charge on any atom is 0.323 e. The Balaban J connectivity index is 2.01. The molecule has 1 saturated heterocycles. The maximum absolute atomic E-state index is 11.2. The molecule has 4 nitrogen and oxygen atoms in total. The van der Waals surface area contributed by atoms with Gasteiger partial charge in [0.25, 0.3) is 0 Å². The van der Waals surface area contributed by atoms with Crippen molar-refractivity contribution in [2.75, 3.05) is 19.8 Å². The van der Waals surface area contributed by atoms with Crippen molar-refractivity contribution in [2.24, 2.45) is 11.8 Å². The molecule has 0 bridgehead atoms. The topological polar surface area (TPSA) is 49.8 Å². The molecular weight excluding hydrogens is 218 g/mol. The van der Waals surface area contributed by atoms with Crippen LogP contribution in [-0.2, 0) is 9.53 Å². The first kappa shape index (κ1) is 12.8. The zero-order chi connectivity index (χ0) is 12.4. The van der Waals surface area contributed by atoms with Crippen LogP contribution in [0.3, 0.4) is 0 Å². The van der Waals surface area contributed by atoms with Crippen LogP contribution in [0.1, 0.15) is 33.1 Å². The number of ether oxygens (including phenoxy) is 1. The molecule has 0 aromatic carbocycles. The van der Waals surface area contributed by atoms with Crippen molar-refractivity contribution >= 4 is 5.97 Å². The molecule has 2 fully saturated rings. The van der Waals surface area contributed by atoms with E-state index in [1.54, 1.807) is 0 Å². The van der Waals surface area contributed by atoms with Gasteiger partial charge in [-0.1, -0.05) is 13.8 Å². The van der Waals surface area contributed by atoms with Crippen LogP contribution >= 0.6 is 0 Å². The average Bonchev–Trinajstić information content (AvgIpc) is 2.32. The SMILES string of the molecule is CC1CCC(N2CCOCC2C(=O)O)CC1C. The zero-order valence-corrected chi connectivity index (χ0v) is 10.8. The van der Waals surface area contributed by atoms with Gasteiger partial charge in [-0.15, -0.1) is 0 Å². The number of aliphatic carboxylic acids is 1. The molecule has 1 aliphatic carbocycles. The molecule has 0 aromatic heterocycles. The molecule has 0 amide bonds. The van der Waals surface area contributed by atoms with Crippen molar-refractivity contribution in [1.29, 1.82) is 0 Å². The lowest BCUT2D eigenvalue weighted by Gasteiger charge is -2.43. The lowest BCUT2D eigenvalue weighted by atomic mass is 9.78. The van der Waals surface area contributed by atoms with Gasteiger partial charge in [-0.3, -0.25) is 9.69 Å². The van der Waals surface area contributed by atoms with Gasteiger partial charge in [0.2, 0.25) is 0 Å². The van der Waals surface area contributed by atoms with Crippen molar-refractivity contribution in [3.8, 4) is 0 Å².